The quantitative estimate of drug-likeness (QED) is 0.734. The second-order valence-electron chi connectivity index (χ2n) is 4.11. The second kappa shape index (κ2) is 4.42. The van der Waals surface area contributed by atoms with Crippen molar-refractivity contribution in [1.29, 1.82) is 0 Å². The molecule has 92 valence electrons. The van der Waals surface area contributed by atoms with Gasteiger partial charge in [0.25, 0.3) is 0 Å². The molecule has 3 aromatic rings. The number of nitrogens with zero attached hydrogens (tertiary/aromatic N) is 2. The summed E-state index contributed by atoms with van der Waals surface area (Å²) in [4.78, 5) is 7.44. The average molecular weight is 259 g/mol. The van der Waals surface area contributed by atoms with Crippen molar-refractivity contribution in [1.82, 2.24) is 14.5 Å². The van der Waals surface area contributed by atoms with Gasteiger partial charge >= 0.3 is 0 Å². The number of rotatable bonds is 3. The molecule has 0 aliphatic heterocycles. The first kappa shape index (κ1) is 11.2. The first-order chi connectivity index (χ1) is 8.78. The number of H-pyrrole nitrogens is 1. The molecule has 1 aromatic carbocycles. The van der Waals surface area contributed by atoms with Crippen LogP contribution in [0.2, 0.25) is 0 Å². The van der Waals surface area contributed by atoms with Crippen LogP contribution in [-0.4, -0.2) is 14.5 Å². The van der Waals surface area contributed by atoms with Crippen LogP contribution >= 0.6 is 12.2 Å². The molecular weight excluding hydrogens is 246 g/mol. The monoisotopic (exact) mass is 259 g/mol. The average Bonchev–Trinajstić information content (AvgIpc) is 2.96. The Morgan fingerprint density at radius 3 is 3.00 bits per heavy atom. The highest BCUT2D eigenvalue weighted by molar-refractivity contribution is 7.71. The first-order valence-corrected chi connectivity index (χ1v) is 6.30. The highest BCUT2D eigenvalue weighted by Crippen LogP contribution is 2.15. The SMILES string of the molecule is CCc1cnc(Cn2c(=S)[nH]c3ccccc32)o1. The van der Waals surface area contributed by atoms with Gasteiger partial charge in [-0.3, -0.25) is 0 Å². The molecule has 0 bridgehead atoms. The van der Waals surface area contributed by atoms with E-state index in [9.17, 15) is 0 Å². The molecule has 3 rings (SSSR count). The fourth-order valence-corrected chi connectivity index (χ4v) is 2.26. The third kappa shape index (κ3) is 1.86. The lowest BCUT2D eigenvalue weighted by Gasteiger charge is -2.00. The fourth-order valence-electron chi connectivity index (χ4n) is 1.98. The van der Waals surface area contributed by atoms with E-state index in [1.807, 2.05) is 35.8 Å². The smallest absolute Gasteiger partial charge is 0.214 e. The van der Waals surface area contributed by atoms with Gasteiger partial charge in [-0.05, 0) is 24.4 Å². The molecule has 2 heterocycles. The Kier molecular flexibility index (Phi) is 2.76. The summed E-state index contributed by atoms with van der Waals surface area (Å²) in [5.41, 5.74) is 2.10. The van der Waals surface area contributed by atoms with E-state index < -0.39 is 0 Å². The fraction of sp³-hybridized carbons (Fsp3) is 0.231. The Morgan fingerprint density at radius 2 is 2.22 bits per heavy atom. The molecule has 0 fully saturated rings. The predicted octanol–water partition coefficient (Wildman–Crippen LogP) is 3.30. The second-order valence-corrected chi connectivity index (χ2v) is 4.49. The third-order valence-electron chi connectivity index (χ3n) is 2.92. The summed E-state index contributed by atoms with van der Waals surface area (Å²) in [5.74, 6) is 1.59. The summed E-state index contributed by atoms with van der Waals surface area (Å²) in [7, 11) is 0. The van der Waals surface area contributed by atoms with Crippen LogP contribution in [0.25, 0.3) is 11.0 Å². The Morgan fingerprint density at radius 1 is 1.39 bits per heavy atom. The molecule has 1 N–H and O–H groups in total. The van der Waals surface area contributed by atoms with E-state index >= 15 is 0 Å². The van der Waals surface area contributed by atoms with Gasteiger partial charge < -0.3 is 14.0 Å². The summed E-state index contributed by atoms with van der Waals surface area (Å²) in [6.07, 6.45) is 2.63. The number of oxazole rings is 1. The van der Waals surface area contributed by atoms with E-state index in [0.29, 0.717) is 17.2 Å². The van der Waals surface area contributed by atoms with Crippen LogP contribution in [0.4, 0.5) is 0 Å². The van der Waals surface area contributed by atoms with E-state index in [0.717, 1.165) is 23.2 Å². The van der Waals surface area contributed by atoms with Gasteiger partial charge in [-0.1, -0.05) is 19.1 Å². The summed E-state index contributed by atoms with van der Waals surface area (Å²) in [5, 5.41) is 0. The molecule has 0 aliphatic carbocycles. The molecule has 0 unspecified atom stereocenters. The number of aromatic amines is 1. The van der Waals surface area contributed by atoms with Crippen molar-refractivity contribution in [3.8, 4) is 0 Å². The number of para-hydroxylation sites is 2. The van der Waals surface area contributed by atoms with Crippen molar-refractivity contribution in [2.45, 2.75) is 19.9 Å². The summed E-state index contributed by atoms with van der Waals surface area (Å²) in [6.45, 7) is 2.60. The van der Waals surface area contributed by atoms with Gasteiger partial charge in [0.15, 0.2) is 4.77 Å². The Bertz CT molecular complexity index is 738. The Balaban J connectivity index is 2.04. The van der Waals surface area contributed by atoms with E-state index in [2.05, 4.69) is 9.97 Å². The molecule has 4 nitrogen and oxygen atoms in total. The van der Waals surface area contributed by atoms with Crippen LogP contribution in [0, 0.1) is 4.77 Å². The van der Waals surface area contributed by atoms with Crippen LogP contribution in [0.5, 0.6) is 0 Å². The summed E-state index contributed by atoms with van der Waals surface area (Å²) >= 11 is 5.33. The lowest BCUT2D eigenvalue weighted by Crippen LogP contribution is -1.99. The van der Waals surface area contributed by atoms with Gasteiger partial charge in [0, 0.05) is 6.42 Å². The number of benzene rings is 1. The summed E-state index contributed by atoms with van der Waals surface area (Å²) in [6, 6.07) is 8.02. The lowest BCUT2D eigenvalue weighted by atomic mass is 10.3. The molecule has 5 heteroatoms. The molecule has 2 aromatic heterocycles. The third-order valence-corrected chi connectivity index (χ3v) is 3.25. The van der Waals surface area contributed by atoms with Crippen molar-refractivity contribution in [3.05, 3.63) is 46.9 Å². The molecule has 0 spiro atoms. The number of fused-ring (bicyclic) bond motifs is 1. The molecule has 0 radical (unpaired) electrons. The van der Waals surface area contributed by atoms with Crippen molar-refractivity contribution in [2.24, 2.45) is 0 Å². The van der Waals surface area contributed by atoms with Crippen LogP contribution in [0.15, 0.2) is 34.9 Å². The van der Waals surface area contributed by atoms with Gasteiger partial charge in [-0.15, -0.1) is 0 Å². The highest BCUT2D eigenvalue weighted by atomic mass is 32.1. The molecule has 0 aliphatic rings. The zero-order valence-electron chi connectivity index (χ0n) is 10.0. The highest BCUT2D eigenvalue weighted by Gasteiger charge is 2.08. The number of hydrogen-bond acceptors (Lipinski definition) is 3. The van der Waals surface area contributed by atoms with Crippen LogP contribution in [-0.2, 0) is 13.0 Å². The zero-order valence-corrected chi connectivity index (χ0v) is 10.8. The van der Waals surface area contributed by atoms with Gasteiger partial charge in [0.1, 0.15) is 12.3 Å². The molecular formula is C13H13N3OS. The van der Waals surface area contributed by atoms with Crippen LogP contribution in [0.1, 0.15) is 18.6 Å². The van der Waals surface area contributed by atoms with Gasteiger partial charge in [-0.2, -0.15) is 0 Å². The Hall–Kier alpha value is -1.88. The largest absolute Gasteiger partial charge is 0.444 e. The van der Waals surface area contributed by atoms with Crippen molar-refractivity contribution < 1.29 is 4.42 Å². The molecule has 18 heavy (non-hydrogen) atoms. The predicted molar refractivity (Wildman–Crippen MR) is 72.1 cm³/mol. The number of imidazole rings is 1. The molecule has 0 atom stereocenters. The number of aryl methyl sites for hydroxylation is 1. The van der Waals surface area contributed by atoms with E-state index in [1.54, 1.807) is 6.20 Å². The maximum Gasteiger partial charge on any atom is 0.214 e. The number of hydrogen-bond donors (Lipinski definition) is 1. The molecule has 0 saturated carbocycles. The van der Waals surface area contributed by atoms with Crippen molar-refractivity contribution in [3.63, 3.8) is 0 Å². The molecule has 0 amide bonds. The van der Waals surface area contributed by atoms with E-state index in [-0.39, 0.29) is 0 Å². The minimum Gasteiger partial charge on any atom is -0.444 e. The Labute approximate surface area is 109 Å². The van der Waals surface area contributed by atoms with E-state index in [1.165, 1.54) is 0 Å². The standard InChI is InChI=1S/C13H13N3OS/c1-2-9-7-14-12(17-9)8-16-11-6-4-3-5-10(11)15-13(16)18/h3-7H,2,8H2,1H3,(H,15,18). The summed E-state index contributed by atoms with van der Waals surface area (Å²) < 4.78 is 8.30. The van der Waals surface area contributed by atoms with Crippen LogP contribution in [0.3, 0.4) is 0 Å². The minimum absolute atomic E-state index is 0.558. The van der Waals surface area contributed by atoms with Crippen LogP contribution < -0.4 is 0 Å². The maximum absolute atomic E-state index is 5.62. The van der Waals surface area contributed by atoms with E-state index in [4.69, 9.17) is 16.6 Å². The van der Waals surface area contributed by atoms with Crippen molar-refractivity contribution in [2.75, 3.05) is 0 Å². The topological polar surface area (TPSA) is 46.8 Å². The normalized spacial score (nSPS) is 11.2. The molecule has 0 saturated heterocycles. The van der Waals surface area contributed by atoms with Gasteiger partial charge in [-0.25, -0.2) is 4.98 Å². The minimum atomic E-state index is 0.558. The zero-order chi connectivity index (χ0) is 12.5. The first-order valence-electron chi connectivity index (χ1n) is 5.89. The number of nitrogens with one attached hydrogen (secondary N) is 1. The van der Waals surface area contributed by atoms with Gasteiger partial charge in [0.05, 0.1) is 17.2 Å². The lowest BCUT2D eigenvalue weighted by molar-refractivity contribution is 0.447. The maximum atomic E-state index is 5.62. The van der Waals surface area contributed by atoms with Gasteiger partial charge in [0.2, 0.25) is 5.89 Å². The number of aromatic nitrogens is 3. The van der Waals surface area contributed by atoms with Crippen molar-refractivity contribution >= 4 is 23.3 Å².